The first-order valence-electron chi connectivity index (χ1n) is 8.73. The minimum atomic E-state index is -0.607. The van der Waals surface area contributed by atoms with E-state index in [0.717, 1.165) is 21.3 Å². The van der Waals surface area contributed by atoms with Gasteiger partial charge in [-0.2, -0.15) is 4.99 Å². The number of amides is 1. The summed E-state index contributed by atoms with van der Waals surface area (Å²) in [6.07, 6.45) is 0. The van der Waals surface area contributed by atoms with Crippen molar-refractivity contribution in [3.05, 3.63) is 67.5 Å². The van der Waals surface area contributed by atoms with E-state index in [1.54, 1.807) is 4.57 Å². The van der Waals surface area contributed by atoms with Gasteiger partial charge in [0.25, 0.3) is 11.6 Å². The molecule has 0 unspecified atom stereocenters. The second-order valence-corrected chi connectivity index (χ2v) is 7.58. The number of methoxy groups -OCH3 is 1. The average Bonchev–Trinajstić information content (AvgIpc) is 2.97. The number of ether oxygens (including phenoxy) is 1. The van der Waals surface area contributed by atoms with Gasteiger partial charge in [0, 0.05) is 11.6 Å². The zero-order valence-electron chi connectivity index (χ0n) is 16.4. The van der Waals surface area contributed by atoms with Crippen LogP contribution in [-0.2, 0) is 16.1 Å². The van der Waals surface area contributed by atoms with Crippen LogP contribution in [0.4, 0.5) is 5.69 Å². The molecule has 1 amide bonds. The largest absolute Gasteiger partial charge is 0.468 e. The number of nitro groups is 1. The van der Waals surface area contributed by atoms with Crippen molar-refractivity contribution in [3.63, 3.8) is 0 Å². The number of rotatable bonds is 4. The number of hydrogen-bond donors (Lipinski definition) is 0. The van der Waals surface area contributed by atoms with E-state index >= 15 is 0 Å². The molecule has 0 N–H and O–H groups in total. The highest BCUT2D eigenvalue weighted by molar-refractivity contribution is 7.16. The van der Waals surface area contributed by atoms with Gasteiger partial charge in [-0.1, -0.05) is 17.4 Å². The minimum Gasteiger partial charge on any atom is -0.468 e. The lowest BCUT2D eigenvalue weighted by Crippen LogP contribution is -2.22. The second kappa shape index (κ2) is 7.96. The Hall–Kier alpha value is -3.33. The van der Waals surface area contributed by atoms with Gasteiger partial charge in [0.2, 0.25) is 0 Å². The number of aryl methyl sites for hydroxylation is 2. The van der Waals surface area contributed by atoms with Gasteiger partial charge >= 0.3 is 5.97 Å². The molecule has 1 aromatic heterocycles. The zero-order valence-corrected chi connectivity index (χ0v) is 17.2. The van der Waals surface area contributed by atoms with Crippen LogP contribution in [0.15, 0.2) is 35.3 Å². The quantitative estimate of drug-likeness (QED) is 0.370. The monoisotopic (exact) mass is 413 g/mol. The normalized spacial score (nSPS) is 11.7. The molecule has 0 aliphatic rings. The molecule has 9 heteroatoms. The Morgan fingerprint density at radius 1 is 1.21 bits per heavy atom. The Morgan fingerprint density at radius 3 is 2.55 bits per heavy atom. The van der Waals surface area contributed by atoms with E-state index in [-0.39, 0.29) is 23.4 Å². The standard InChI is InChI=1S/C20H19N3O5S/c1-11-8-16-17(9-12(11)2)29-20(22(16)10-18(24)28-4)21-19(25)14-6-5-7-15(13(14)3)23(26)27/h5-9H,10H2,1-4H3. The molecule has 0 saturated heterocycles. The van der Waals surface area contributed by atoms with Crippen molar-refractivity contribution in [2.45, 2.75) is 27.3 Å². The maximum absolute atomic E-state index is 12.8. The van der Waals surface area contributed by atoms with Gasteiger partial charge in [0.1, 0.15) is 6.54 Å². The lowest BCUT2D eigenvalue weighted by Gasteiger charge is -2.06. The van der Waals surface area contributed by atoms with Crippen LogP contribution >= 0.6 is 11.3 Å². The Bertz CT molecular complexity index is 1220. The van der Waals surface area contributed by atoms with Crippen LogP contribution in [0.3, 0.4) is 0 Å². The molecule has 1 heterocycles. The molecule has 0 atom stereocenters. The Kier molecular flexibility index (Phi) is 5.60. The maximum Gasteiger partial charge on any atom is 0.325 e. The first-order valence-corrected chi connectivity index (χ1v) is 9.55. The van der Waals surface area contributed by atoms with Crippen molar-refractivity contribution in [1.82, 2.24) is 4.57 Å². The van der Waals surface area contributed by atoms with E-state index in [9.17, 15) is 19.7 Å². The number of thiazole rings is 1. The molecule has 150 valence electrons. The smallest absolute Gasteiger partial charge is 0.325 e. The van der Waals surface area contributed by atoms with Crippen LogP contribution < -0.4 is 4.80 Å². The van der Waals surface area contributed by atoms with Crippen molar-refractivity contribution in [2.24, 2.45) is 4.99 Å². The minimum absolute atomic E-state index is 0.0982. The van der Waals surface area contributed by atoms with Crippen molar-refractivity contribution in [1.29, 1.82) is 0 Å². The molecule has 0 radical (unpaired) electrons. The summed E-state index contributed by atoms with van der Waals surface area (Å²) >= 11 is 1.27. The first-order chi connectivity index (χ1) is 13.7. The third-order valence-corrected chi connectivity index (χ3v) is 5.78. The van der Waals surface area contributed by atoms with Crippen LogP contribution in [0, 0.1) is 30.9 Å². The summed E-state index contributed by atoms with van der Waals surface area (Å²) in [5.74, 6) is -1.08. The highest BCUT2D eigenvalue weighted by Gasteiger charge is 2.19. The fourth-order valence-electron chi connectivity index (χ4n) is 2.95. The summed E-state index contributed by atoms with van der Waals surface area (Å²) in [6.45, 7) is 5.36. The van der Waals surface area contributed by atoms with Gasteiger partial charge in [-0.15, -0.1) is 0 Å². The summed E-state index contributed by atoms with van der Waals surface area (Å²) in [7, 11) is 1.29. The van der Waals surface area contributed by atoms with E-state index in [4.69, 9.17) is 4.74 Å². The lowest BCUT2D eigenvalue weighted by molar-refractivity contribution is -0.385. The summed E-state index contributed by atoms with van der Waals surface area (Å²) in [5.41, 5.74) is 3.15. The van der Waals surface area contributed by atoms with Crippen molar-refractivity contribution in [3.8, 4) is 0 Å². The molecule has 8 nitrogen and oxygen atoms in total. The van der Waals surface area contributed by atoms with E-state index in [1.165, 1.54) is 43.6 Å². The zero-order chi connectivity index (χ0) is 21.3. The fourth-order valence-corrected chi connectivity index (χ4v) is 4.06. The number of aromatic nitrogens is 1. The van der Waals surface area contributed by atoms with Crippen LogP contribution in [0.25, 0.3) is 10.2 Å². The Morgan fingerprint density at radius 2 is 1.90 bits per heavy atom. The maximum atomic E-state index is 12.8. The topological polar surface area (TPSA) is 104 Å². The SMILES string of the molecule is COC(=O)Cn1c(=NC(=O)c2cccc([N+](=O)[O-])c2C)sc2cc(C)c(C)cc21. The summed E-state index contributed by atoms with van der Waals surface area (Å²) in [6, 6.07) is 8.21. The van der Waals surface area contributed by atoms with Gasteiger partial charge in [-0.25, -0.2) is 0 Å². The molecule has 29 heavy (non-hydrogen) atoms. The number of nitrogens with zero attached hydrogens (tertiary/aromatic N) is 3. The second-order valence-electron chi connectivity index (χ2n) is 6.57. The molecular formula is C20H19N3O5S. The van der Waals surface area contributed by atoms with Gasteiger partial charge in [0.15, 0.2) is 4.80 Å². The van der Waals surface area contributed by atoms with Gasteiger partial charge < -0.3 is 9.30 Å². The van der Waals surface area contributed by atoms with Crippen LogP contribution in [0.2, 0.25) is 0 Å². The third-order valence-electron chi connectivity index (χ3n) is 4.74. The van der Waals surface area contributed by atoms with Crippen molar-refractivity contribution >= 4 is 39.1 Å². The number of carbonyl (C=O) groups excluding carboxylic acids is 2. The van der Waals surface area contributed by atoms with Crippen LogP contribution in [0.1, 0.15) is 27.0 Å². The molecule has 2 aromatic carbocycles. The predicted octanol–water partition coefficient (Wildman–Crippen LogP) is 3.45. The highest BCUT2D eigenvalue weighted by Crippen LogP contribution is 2.24. The predicted molar refractivity (Wildman–Crippen MR) is 109 cm³/mol. The number of fused-ring (bicyclic) bond motifs is 1. The van der Waals surface area contributed by atoms with E-state index < -0.39 is 16.8 Å². The molecule has 0 spiro atoms. The number of carbonyl (C=O) groups is 2. The number of nitro benzene ring substituents is 1. The summed E-state index contributed by atoms with van der Waals surface area (Å²) < 4.78 is 7.28. The molecule has 0 aliphatic heterocycles. The van der Waals surface area contributed by atoms with Crippen molar-refractivity contribution in [2.75, 3.05) is 7.11 Å². The molecule has 0 aliphatic carbocycles. The lowest BCUT2D eigenvalue weighted by atomic mass is 10.1. The van der Waals surface area contributed by atoms with E-state index in [0.29, 0.717) is 4.80 Å². The van der Waals surface area contributed by atoms with Crippen LogP contribution in [0.5, 0.6) is 0 Å². The Labute approximate surface area is 170 Å². The summed E-state index contributed by atoms with van der Waals surface area (Å²) in [5, 5.41) is 11.2. The first kappa shape index (κ1) is 20.4. The highest BCUT2D eigenvalue weighted by atomic mass is 32.1. The van der Waals surface area contributed by atoms with E-state index in [2.05, 4.69) is 4.99 Å². The number of benzene rings is 2. The third kappa shape index (κ3) is 3.95. The van der Waals surface area contributed by atoms with Gasteiger partial charge in [-0.3, -0.25) is 19.7 Å². The van der Waals surface area contributed by atoms with Gasteiger partial charge in [0.05, 0.1) is 27.8 Å². The summed E-state index contributed by atoms with van der Waals surface area (Å²) in [4.78, 5) is 39.9. The van der Waals surface area contributed by atoms with Crippen LogP contribution in [-0.4, -0.2) is 28.5 Å². The fraction of sp³-hybridized carbons (Fsp3) is 0.250. The number of esters is 1. The number of hydrogen-bond acceptors (Lipinski definition) is 6. The molecule has 0 bridgehead atoms. The molecule has 0 fully saturated rings. The average molecular weight is 413 g/mol. The molecule has 3 rings (SSSR count). The van der Waals surface area contributed by atoms with E-state index in [1.807, 2.05) is 26.0 Å². The molecule has 3 aromatic rings. The molecule has 0 saturated carbocycles. The molecular weight excluding hydrogens is 394 g/mol. The Balaban J connectivity index is 2.20. The van der Waals surface area contributed by atoms with Crippen molar-refractivity contribution < 1.29 is 19.2 Å². The van der Waals surface area contributed by atoms with Gasteiger partial charge in [-0.05, 0) is 50.1 Å².